The largest absolute Gasteiger partial charge is 0.467 e. The average Bonchev–Trinajstić information content (AvgIpc) is 2.54. The Labute approximate surface area is 124 Å². The van der Waals surface area contributed by atoms with E-state index in [4.69, 9.17) is 9.47 Å². The standard InChI is InChI=1S/C16H21NO4/c1-20-11-12-6-8-13(9-7-12)15(18)17-10-4-3-5-14(17)16(19)21-2/h6-9,14H,3-5,10-11H2,1-2H3/t14-/m1/s1. The first-order valence-electron chi connectivity index (χ1n) is 7.14. The van der Waals surface area contributed by atoms with Gasteiger partial charge in [-0.25, -0.2) is 4.79 Å². The van der Waals surface area contributed by atoms with E-state index in [1.54, 1.807) is 24.1 Å². The third-order valence-corrected chi connectivity index (χ3v) is 3.75. The van der Waals surface area contributed by atoms with Crippen molar-refractivity contribution in [3.8, 4) is 0 Å². The molecule has 1 aromatic rings. The number of hydrogen-bond acceptors (Lipinski definition) is 4. The maximum atomic E-state index is 12.6. The smallest absolute Gasteiger partial charge is 0.328 e. The van der Waals surface area contributed by atoms with Crippen LogP contribution >= 0.6 is 0 Å². The zero-order valence-corrected chi connectivity index (χ0v) is 12.5. The van der Waals surface area contributed by atoms with Crippen molar-refractivity contribution < 1.29 is 19.1 Å². The van der Waals surface area contributed by atoms with E-state index in [9.17, 15) is 9.59 Å². The van der Waals surface area contributed by atoms with Crippen molar-refractivity contribution in [2.24, 2.45) is 0 Å². The normalized spacial score (nSPS) is 18.4. The SMILES string of the molecule is COCc1ccc(C(=O)N2CCCC[C@@H]2C(=O)OC)cc1. The highest BCUT2D eigenvalue weighted by atomic mass is 16.5. The lowest BCUT2D eigenvalue weighted by molar-refractivity contribution is -0.147. The molecule has 1 fully saturated rings. The number of nitrogens with zero attached hydrogens (tertiary/aromatic N) is 1. The Morgan fingerprint density at radius 3 is 2.52 bits per heavy atom. The molecule has 0 aromatic heterocycles. The molecular weight excluding hydrogens is 270 g/mol. The summed E-state index contributed by atoms with van der Waals surface area (Å²) >= 11 is 0. The number of rotatable bonds is 4. The summed E-state index contributed by atoms with van der Waals surface area (Å²) in [6.07, 6.45) is 2.53. The fourth-order valence-electron chi connectivity index (χ4n) is 2.63. The number of carbonyl (C=O) groups is 2. The highest BCUT2D eigenvalue weighted by molar-refractivity contribution is 5.97. The van der Waals surface area contributed by atoms with Gasteiger partial charge in [-0.15, -0.1) is 0 Å². The summed E-state index contributed by atoms with van der Waals surface area (Å²) in [5, 5.41) is 0. The number of carbonyl (C=O) groups excluding carboxylic acids is 2. The molecule has 1 amide bonds. The van der Waals surface area contributed by atoms with Crippen molar-refractivity contribution in [2.75, 3.05) is 20.8 Å². The molecule has 1 heterocycles. The summed E-state index contributed by atoms with van der Waals surface area (Å²) in [5.41, 5.74) is 1.60. The number of methoxy groups -OCH3 is 2. The molecule has 1 aliphatic heterocycles. The molecule has 1 aromatic carbocycles. The van der Waals surface area contributed by atoms with Gasteiger partial charge in [-0.05, 0) is 37.0 Å². The van der Waals surface area contributed by atoms with Crippen LogP contribution in [0, 0.1) is 0 Å². The summed E-state index contributed by atoms with van der Waals surface area (Å²) in [6.45, 7) is 1.11. The maximum Gasteiger partial charge on any atom is 0.328 e. The van der Waals surface area contributed by atoms with Gasteiger partial charge < -0.3 is 14.4 Å². The van der Waals surface area contributed by atoms with Gasteiger partial charge in [0, 0.05) is 19.2 Å². The molecule has 1 aliphatic rings. The van der Waals surface area contributed by atoms with Gasteiger partial charge in [-0.3, -0.25) is 4.79 Å². The van der Waals surface area contributed by atoms with E-state index in [1.807, 2.05) is 12.1 Å². The molecule has 21 heavy (non-hydrogen) atoms. The lowest BCUT2D eigenvalue weighted by atomic mass is 10.0. The predicted molar refractivity (Wildman–Crippen MR) is 77.8 cm³/mol. The number of benzene rings is 1. The molecular formula is C16H21NO4. The number of ether oxygens (including phenoxy) is 2. The quantitative estimate of drug-likeness (QED) is 0.796. The molecule has 0 radical (unpaired) electrons. The summed E-state index contributed by atoms with van der Waals surface area (Å²) in [7, 11) is 2.99. The Morgan fingerprint density at radius 1 is 1.19 bits per heavy atom. The highest BCUT2D eigenvalue weighted by Crippen LogP contribution is 2.21. The Balaban J connectivity index is 2.14. The Morgan fingerprint density at radius 2 is 1.90 bits per heavy atom. The second-order valence-electron chi connectivity index (χ2n) is 5.16. The van der Waals surface area contributed by atoms with Crippen molar-refractivity contribution in [3.63, 3.8) is 0 Å². The summed E-state index contributed by atoms with van der Waals surface area (Å²) in [4.78, 5) is 26.0. The minimum absolute atomic E-state index is 0.117. The number of esters is 1. The zero-order chi connectivity index (χ0) is 15.2. The van der Waals surface area contributed by atoms with Crippen LogP contribution in [0.15, 0.2) is 24.3 Å². The van der Waals surface area contributed by atoms with E-state index in [-0.39, 0.29) is 11.9 Å². The fraction of sp³-hybridized carbons (Fsp3) is 0.500. The van der Waals surface area contributed by atoms with E-state index in [1.165, 1.54) is 7.11 Å². The van der Waals surface area contributed by atoms with E-state index < -0.39 is 6.04 Å². The third kappa shape index (κ3) is 3.61. The fourth-order valence-corrected chi connectivity index (χ4v) is 2.63. The topological polar surface area (TPSA) is 55.8 Å². The van der Waals surface area contributed by atoms with Crippen LogP contribution in [0.2, 0.25) is 0 Å². The number of amides is 1. The van der Waals surface area contributed by atoms with Gasteiger partial charge in [0.25, 0.3) is 5.91 Å². The Hall–Kier alpha value is -1.88. The molecule has 0 saturated carbocycles. The molecule has 0 aliphatic carbocycles. The van der Waals surface area contributed by atoms with E-state index in [2.05, 4.69) is 0 Å². The van der Waals surface area contributed by atoms with Crippen molar-refractivity contribution in [2.45, 2.75) is 31.9 Å². The molecule has 0 spiro atoms. The van der Waals surface area contributed by atoms with Gasteiger partial charge in [-0.1, -0.05) is 12.1 Å². The van der Waals surface area contributed by atoms with Gasteiger partial charge in [0.05, 0.1) is 13.7 Å². The number of hydrogen-bond donors (Lipinski definition) is 0. The minimum Gasteiger partial charge on any atom is -0.467 e. The first-order valence-corrected chi connectivity index (χ1v) is 7.14. The summed E-state index contributed by atoms with van der Waals surface area (Å²) in [6, 6.07) is 6.83. The third-order valence-electron chi connectivity index (χ3n) is 3.75. The Bertz CT molecular complexity index is 498. The van der Waals surface area contributed by atoms with Gasteiger partial charge in [0.1, 0.15) is 6.04 Å². The highest BCUT2D eigenvalue weighted by Gasteiger charge is 2.33. The van der Waals surface area contributed by atoms with Crippen LogP contribution in [-0.2, 0) is 20.9 Å². The average molecular weight is 291 g/mol. The first kappa shape index (κ1) is 15.5. The van der Waals surface area contributed by atoms with Crippen LogP contribution in [0.3, 0.4) is 0 Å². The van der Waals surface area contributed by atoms with E-state index in [0.717, 1.165) is 18.4 Å². The predicted octanol–water partition coefficient (Wildman–Crippen LogP) is 2.00. The molecule has 5 nitrogen and oxygen atoms in total. The van der Waals surface area contributed by atoms with Crippen molar-refractivity contribution in [1.29, 1.82) is 0 Å². The molecule has 0 N–H and O–H groups in total. The lowest BCUT2D eigenvalue weighted by Crippen LogP contribution is -2.48. The maximum absolute atomic E-state index is 12.6. The molecule has 0 bridgehead atoms. The van der Waals surface area contributed by atoms with Crippen LogP contribution in [0.1, 0.15) is 35.2 Å². The molecule has 1 atom stereocenters. The second kappa shape index (κ2) is 7.22. The molecule has 2 rings (SSSR count). The van der Waals surface area contributed by atoms with Crippen LogP contribution in [-0.4, -0.2) is 43.6 Å². The van der Waals surface area contributed by atoms with Gasteiger partial charge >= 0.3 is 5.97 Å². The number of likely N-dealkylation sites (tertiary alicyclic amines) is 1. The van der Waals surface area contributed by atoms with Crippen LogP contribution in [0.5, 0.6) is 0 Å². The summed E-state index contributed by atoms with van der Waals surface area (Å²) < 4.78 is 9.86. The van der Waals surface area contributed by atoms with Gasteiger partial charge in [0.2, 0.25) is 0 Å². The second-order valence-corrected chi connectivity index (χ2v) is 5.16. The molecule has 0 unspecified atom stereocenters. The number of piperidine rings is 1. The summed E-state index contributed by atoms with van der Waals surface area (Å²) in [5.74, 6) is -0.451. The van der Waals surface area contributed by atoms with Crippen molar-refractivity contribution in [1.82, 2.24) is 4.90 Å². The van der Waals surface area contributed by atoms with E-state index >= 15 is 0 Å². The monoisotopic (exact) mass is 291 g/mol. The van der Waals surface area contributed by atoms with Crippen LogP contribution in [0.25, 0.3) is 0 Å². The van der Waals surface area contributed by atoms with Crippen LogP contribution < -0.4 is 0 Å². The molecule has 5 heteroatoms. The zero-order valence-electron chi connectivity index (χ0n) is 12.5. The van der Waals surface area contributed by atoms with Crippen molar-refractivity contribution >= 4 is 11.9 Å². The van der Waals surface area contributed by atoms with Crippen molar-refractivity contribution in [3.05, 3.63) is 35.4 Å². The van der Waals surface area contributed by atoms with Gasteiger partial charge in [-0.2, -0.15) is 0 Å². The minimum atomic E-state index is -0.463. The molecule has 1 saturated heterocycles. The molecule has 114 valence electrons. The van der Waals surface area contributed by atoms with E-state index in [0.29, 0.717) is 25.1 Å². The van der Waals surface area contributed by atoms with Gasteiger partial charge in [0.15, 0.2) is 0 Å². The van der Waals surface area contributed by atoms with Crippen LogP contribution in [0.4, 0.5) is 0 Å². The first-order chi connectivity index (χ1) is 10.2. The Kier molecular flexibility index (Phi) is 5.33. The lowest BCUT2D eigenvalue weighted by Gasteiger charge is -2.33.